The fourth-order valence-corrected chi connectivity index (χ4v) is 2.27. The third kappa shape index (κ3) is 1.25. The number of imide groups is 1. The Morgan fingerprint density at radius 2 is 1.83 bits per heavy atom. The van der Waals surface area contributed by atoms with Gasteiger partial charge in [-0.05, 0) is 23.6 Å². The lowest BCUT2D eigenvalue weighted by atomic mass is 9.94. The molecule has 0 bridgehead atoms. The van der Waals surface area contributed by atoms with Crippen LogP contribution in [0.1, 0.15) is 20.7 Å². The van der Waals surface area contributed by atoms with E-state index in [1.54, 1.807) is 24.3 Å². The number of nitrogen functional groups attached to an aromatic ring is 1. The number of carbonyl (C=O) groups is 2. The number of carbonyl (C=O) groups excluding carboxylic acids is 2. The molecule has 2 N–H and O–H groups in total. The number of nitrogens with two attached hydrogens (primary N) is 1. The Hall–Kier alpha value is -2.40. The number of hydroxylamine groups is 2. The van der Waals surface area contributed by atoms with E-state index in [4.69, 9.17) is 10.6 Å². The third-order valence-electron chi connectivity index (χ3n) is 3.01. The highest BCUT2D eigenvalue weighted by molar-refractivity contribution is 6.25. The van der Waals surface area contributed by atoms with Gasteiger partial charge in [0.05, 0.1) is 18.2 Å². The lowest BCUT2D eigenvalue weighted by Crippen LogP contribution is -2.39. The second-order valence-corrected chi connectivity index (χ2v) is 4.06. The summed E-state index contributed by atoms with van der Waals surface area (Å²) < 4.78 is 0. The van der Waals surface area contributed by atoms with Crippen LogP contribution in [-0.4, -0.2) is 24.0 Å². The van der Waals surface area contributed by atoms with E-state index in [-0.39, 0.29) is 0 Å². The molecule has 0 radical (unpaired) electrons. The molecule has 0 unspecified atom stereocenters. The number of hydrogen-bond donors (Lipinski definition) is 1. The highest BCUT2D eigenvalue weighted by Crippen LogP contribution is 2.31. The maximum atomic E-state index is 12.1. The Morgan fingerprint density at radius 1 is 1.11 bits per heavy atom. The van der Waals surface area contributed by atoms with Crippen LogP contribution >= 0.6 is 0 Å². The van der Waals surface area contributed by atoms with E-state index in [9.17, 15) is 9.59 Å². The first kappa shape index (κ1) is 10.7. The van der Waals surface area contributed by atoms with Gasteiger partial charge in [-0.3, -0.25) is 14.4 Å². The second-order valence-electron chi connectivity index (χ2n) is 4.06. The number of nitrogens with zero attached hydrogens (tertiary/aromatic N) is 1. The summed E-state index contributed by atoms with van der Waals surface area (Å²) in [6.07, 6.45) is 0. The van der Waals surface area contributed by atoms with Gasteiger partial charge in [0.15, 0.2) is 0 Å². The van der Waals surface area contributed by atoms with E-state index in [0.29, 0.717) is 22.2 Å². The van der Waals surface area contributed by atoms with Gasteiger partial charge in [0, 0.05) is 11.1 Å². The van der Waals surface area contributed by atoms with E-state index < -0.39 is 11.8 Å². The summed E-state index contributed by atoms with van der Waals surface area (Å²) in [5.74, 6) is -0.941. The van der Waals surface area contributed by atoms with Crippen molar-refractivity contribution >= 4 is 28.3 Å². The van der Waals surface area contributed by atoms with E-state index >= 15 is 0 Å². The lowest BCUT2D eigenvalue weighted by molar-refractivity contribution is -0.0689. The van der Waals surface area contributed by atoms with Crippen molar-refractivity contribution in [1.82, 2.24) is 5.06 Å². The first-order valence-corrected chi connectivity index (χ1v) is 5.38. The van der Waals surface area contributed by atoms with Crippen molar-refractivity contribution in [2.45, 2.75) is 0 Å². The Labute approximate surface area is 103 Å². The van der Waals surface area contributed by atoms with Crippen molar-refractivity contribution in [3.05, 3.63) is 41.5 Å². The minimum absolute atomic E-state index is 0.391. The third-order valence-corrected chi connectivity index (χ3v) is 3.01. The molecule has 1 heterocycles. The maximum Gasteiger partial charge on any atom is 0.285 e. The minimum Gasteiger partial charge on any atom is -0.399 e. The Kier molecular flexibility index (Phi) is 2.11. The van der Waals surface area contributed by atoms with Crippen LogP contribution in [0.25, 0.3) is 10.8 Å². The molecule has 2 aromatic rings. The van der Waals surface area contributed by atoms with Gasteiger partial charge >= 0.3 is 0 Å². The van der Waals surface area contributed by atoms with Crippen molar-refractivity contribution in [3.8, 4) is 0 Å². The smallest absolute Gasteiger partial charge is 0.285 e. The van der Waals surface area contributed by atoms with Crippen molar-refractivity contribution in [2.24, 2.45) is 0 Å². The Balaban J connectivity index is 2.45. The fraction of sp³-hybridized carbons (Fsp3) is 0.0769. The molecule has 0 saturated carbocycles. The van der Waals surface area contributed by atoms with Gasteiger partial charge in [-0.15, -0.1) is 5.06 Å². The normalized spacial score (nSPS) is 14.4. The van der Waals surface area contributed by atoms with Gasteiger partial charge < -0.3 is 5.73 Å². The summed E-state index contributed by atoms with van der Waals surface area (Å²) in [5, 5.41) is 2.16. The summed E-state index contributed by atoms with van der Waals surface area (Å²) in [4.78, 5) is 29.0. The first-order chi connectivity index (χ1) is 8.63. The molecule has 1 aliphatic rings. The predicted octanol–water partition coefficient (Wildman–Crippen LogP) is 1.58. The molecule has 0 spiro atoms. The molecule has 1 aliphatic heterocycles. The topological polar surface area (TPSA) is 72.6 Å². The molecule has 2 amide bonds. The zero-order chi connectivity index (χ0) is 12.9. The van der Waals surface area contributed by atoms with Crippen LogP contribution in [0.3, 0.4) is 0 Å². The molecular weight excluding hydrogens is 232 g/mol. The average Bonchev–Trinajstić information content (AvgIpc) is 2.36. The van der Waals surface area contributed by atoms with Gasteiger partial charge in [0.25, 0.3) is 11.8 Å². The highest BCUT2D eigenvalue weighted by atomic mass is 16.7. The van der Waals surface area contributed by atoms with E-state index in [2.05, 4.69) is 0 Å². The van der Waals surface area contributed by atoms with Gasteiger partial charge in [-0.1, -0.05) is 12.1 Å². The SMILES string of the molecule is CON1C(=O)c2cccc3cc(N)cc(c23)C1=O. The van der Waals surface area contributed by atoms with Gasteiger partial charge in [0.1, 0.15) is 0 Å². The molecule has 90 valence electrons. The number of anilines is 1. The summed E-state index contributed by atoms with van der Waals surface area (Å²) in [7, 11) is 1.28. The molecule has 18 heavy (non-hydrogen) atoms. The fourth-order valence-electron chi connectivity index (χ4n) is 2.27. The Bertz CT molecular complexity index is 694. The van der Waals surface area contributed by atoms with Crippen molar-refractivity contribution in [1.29, 1.82) is 0 Å². The van der Waals surface area contributed by atoms with E-state index in [0.717, 1.165) is 10.4 Å². The highest BCUT2D eigenvalue weighted by Gasteiger charge is 2.33. The van der Waals surface area contributed by atoms with Crippen molar-refractivity contribution < 1.29 is 14.4 Å². The average molecular weight is 242 g/mol. The van der Waals surface area contributed by atoms with Crippen LogP contribution in [0, 0.1) is 0 Å². The largest absolute Gasteiger partial charge is 0.399 e. The van der Waals surface area contributed by atoms with Crippen LogP contribution in [0.5, 0.6) is 0 Å². The maximum absolute atomic E-state index is 12.1. The van der Waals surface area contributed by atoms with Crippen LogP contribution < -0.4 is 5.73 Å². The molecule has 5 nitrogen and oxygen atoms in total. The molecule has 0 aliphatic carbocycles. The van der Waals surface area contributed by atoms with Crippen LogP contribution in [-0.2, 0) is 4.84 Å². The van der Waals surface area contributed by atoms with Crippen molar-refractivity contribution in [3.63, 3.8) is 0 Å². The molecule has 0 atom stereocenters. The lowest BCUT2D eigenvalue weighted by Gasteiger charge is -2.24. The van der Waals surface area contributed by atoms with E-state index in [1.165, 1.54) is 7.11 Å². The summed E-state index contributed by atoms with van der Waals surface area (Å²) in [5.41, 5.74) is 7.08. The predicted molar refractivity (Wildman–Crippen MR) is 65.9 cm³/mol. The zero-order valence-electron chi connectivity index (χ0n) is 9.64. The monoisotopic (exact) mass is 242 g/mol. The van der Waals surface area contributed by atoms with Crippen molar-refractivity contribution in [2.75, 3.05) is 12.8 Å². The Morgan fingerprint density at radius 3 is 2.56 bits per heavy atom. The molecule has 2 aromatic carbocycles. The van der Waals surface area contributed by atoms with Crippen LogP contribution in [0.15, 0.2) is 30.3 Å². The van der Waals surface area contributed by atoms with Gasteiger partial charge in [-0.25, -0.2) is 0 Å². The molecular formula is C13H10N2O3. The number of benzene rings is 2. The summed E-state index contributed by atoms with van der Waals surface area (Å²) >= 11 is 0. The molecule has 0 aromatic heterocycles. The minimum atomic E-state index is -0.488. The molecule has 5 heteroatoms. The standard InChI is InChI=1S/C13H10N2O3/c1-18-15-12(16)9-4-2-3-7-5-8(14)6-10(11(7)9)13(15)17/h2-6H,14H2,1H3. The summed E-state index contributed by atoms with van der Waals surface area (Å²) in [6.45, 7) is 0. The molecule has 0 fully saturated rings. The molecule has 3 rings (SSSR count). The molecule has 0 saturated heterocycles. The van der Waals surface area contributed by atoms with Gasteiger partial charge in [-0.2, -0.15) is 0 Å². The summed E-state index contributed by atoms with van der Waals surface area (Å²) in [6, 6.07) is 8.55. The first-order valence-electron chi connectivity index (χ1n) is 5.38. The number of rotatable bonds is 1. The van der Waals surface area contributed by atoms with Gasteiger partial charge in [0.2, 0.25) is 0 Å². The second kappa shape index (κ2) is 3.54. The van der Waals surface area contributed by atoms with Crippen LogP contribution in [0.2, 0.25) is 0 Å². The van der Waals surface area contributed by atoms with E-state index in [1.807, 2.05) is 6.07 Å². The number of amides is 2. The zero-order valence-corrected chi connectivity index (χ0v) is 9.64. The quantitative estimate of drug-likeness (QED) is 0.608. The van der Waals surface area contributed by atoms with Crippen LogP contribution in [0.4, 0.5) is 5.69 Å². The number of hydrogen-bond acceptors (Lipinski definition) is 4.